The molecule has 0 radical (unpaired) electrons. The van der Waals surface area contributed by atoms with E-state index >= 15 is 0 Å². The fraction of sp³-hybridized carbons (Fsp3) is 0.909. The molecule has 0 aromatic rings. The minimum absolute atomic E-state index is 0.559. The molecule has 0 aromatic carbocycles. The number of aliphatic imine (C=N–C) groups is 1. The molecule has 1 atom stereocenters. The number of hydrazine groups is 1. The van der Waals surface area contributed by atoms with Crippen molar-refractivity contribution in [2.45, 2.75) is 27.2 Å². The summed E-state index contributed by atoms with van der Waals surface area (Å²) in [5.74, 6) is 7.23. The van der Waals surface area contributed by atoms with Crippen molar-refractivity contribution in [2.24, 2.45) is 22.7 Å². The van der Waals surface area contributed by atoms with Gasteiger partial charge in [0.2, 0.25) is 5.96 Å². The lowest BCUT2D eigenvalue weighted by molar-refractivity contribution is 0.195. The lowest BCUT2D eigenvalue weighted by Gasteiger charge is -2.14. The molecule has 0 bridgehead atoms. The van der Waals surface area contributed by atoms with Gasteiger partial charge in [-0.2, -0.15) is 0 Å². The zero-order valence-electron chi connectivity index (χ0n) is 10.9. The van der Waals surface area contributed by atoms with Crippen molar-refractivity contribution in [1.82, 2.24) is 10.7 Å². The molecule has 0 saturated carbocycles. The average Bonchev–Trinajstić information content (AvgIpc) is 2.27. The SMILES string of the molecule is COCCCNC(=NCC(C)C(C)C)NN. The lowest BCUT2D eigenvalue weighted by atomic mass is 9.99. The average molecular weight is 230 g/mol. The quantitative estimate of drug-likeness (QED) is 0.198. The fourth-order valence-electron chi connectivity index (χ4n) is 1.02. The molecule has 0 amide bonds. The summed E-state index contributed by atoms with van der Waals surface area (Å²) >= 11 is 0. The zero-order valence-corrected chi connectivity index (χ0v) is 10.9. The van der Waals surface area contributed by atoms with Crippen molar-refractivity contribution in [3.63, 3.8) is 0 Å². The minimum Gasteiger partial charge on any atom is -0.385 e. The van der Waals surface area contributed by atoms with Gasteiger partial charge >= 0.3 is 0 Å². The maximum absolute atomic E-state index is 5.38. The maximum atomic E-state index is 5.38. The first kappa shape index (κ1) is 15.2. The van der Waals surface area contributed by atoms with Gasteiger partial charge in [-0.15, -0.1) is 0 Å². The van der Waals surface area contributed by atoms with Crippen LogP contribution < -0.4 is 16.6 Å². The Morgan fingerprint density at radius 2 is 2.06 bits per heavy atom. The zero-order chi connectivity index (χ0) is 12.4. The van der Waals surface area contributed by atoms with Gasteiger partial charge in [-0.3, -0.25) is 10.4 Å². The number of guanidine groups is 1. The van der Waals surface area contributed by atoms with E-state index in [0.717, 1.165) is 26.1 Å². The molecule has 0 heterocycles. The molecule has 0 aromatic heterocycles. The van der Waals surface area contributed by atoms with E-state index in [1.54, 1.807) is 7.11 Å². The summed E-state index contributed by atoms with van der Waals surface area (Å²) in [7, 11) is 1.69. The summed E-state index contributed by atoms with van der Waals surface area (Å²) in [6.45, 7) is 8.92. The second-order valence-electron chi connectivity index (χ2n) is 4.33. The molecule has 1 unspecified atom stereocenters. The predicted molar refractivity (Wildman–Crippen MR) is 68.1 cm³/mol. The molecule has 0 aliphatic carbocycles. The highest BCUT2D eigenvalue weighted by molar-refractivity contribution is 5.79. The molecule has 0 aliphatic heterocycles. The Morgan fingerprint density at radius 1 is 1.38 bits per heavy atom. The number of methoxy groups -OCH3 is 1. The van der Waals surface area contributed by atoms with Crippen LogP contribution in [0.3, 0.4) is 0 Å². The Balaban J connectivity index is 3.83. The molecule has 0 aliphatic rings. The molecule has 0 rings (SSSR count). The smallest absolute Gasteiger partial charge is 0.205 e. The van der Waals surface area contributed by atoms with E-state index in [2.05, 4.69) is 36.5 Å². The first-order valence-corrected chi connectivity index (χ1v) is 5.85. The third-order valence-corrected chi connectivity index (χ3v) is 2.63. The van der Waals surface area contributed by atoms with Gasteiger partial charge in [0, 0.05) is 26.8 Å². The fourth-order valence-corrected chi connectivity index (χ4v) is 1.02. The van der Waals surface area contributed by atoms with E-state index in [1.165, 1.54) is 0 Å². The van der Waals surface area contributed by atoms with Crippen LogP contribution in [0.25, 0.3) is 0 Å². The Morgan fingerprint density at radius 3 is 2.56 bits per heavy atom. The van der Waals surface area contributed by atoms with Crippen molar-refractivity contribution >= 4 is 5.96 Å². The number of nitrogens with two attached hydrogens (primary N) is 1. The van der Waals surface area contributed by atoms with Crippen LogP contribution in [0.4, 0.5) is 0 Å². The Labute approximate surface area is 98.8 Å². The highest BCUT2D eigenvalue weighted by atomic mass is 16.5. The molecule has 0 saturated heterocycles. The van der Waals surface area contributed by atoms with Crippen molar-refractivity contribution < 1.29 is 4.74 Å². The monoisotopic (exact) mass is 230 g/mol. The maximum Gasteiger partial charge on any atom is 0.205 e. The highest BCUT2D eigenvalue weighted by Gasteiger charge is 2.06. The molecule has 96 valence electrons. The van der Waals surface area contributed by atoms with Gasteiger partial charge in [0.1, 0.15) is 0 Å². The van der Waals surface area contributed by atoms with E-state index < -0.39 is 0 Å². The third kappa shape index (κ3) is 7.48. The molecule has 16 heavy (non-hydrogen) atoms. The van der Waals surface area contributed by atoms with Crippen molar-refractivity contribution in [3.8, 4) is 0 Å². The molecule has 5 nitrogen and oxygen atoms in total. The number of rotatable bonds is 7. The van der Waals surface area contributed by atoms with E-state index in [9.17, 15) is 0 Å². The lowest BCUT2D eigenvalue weighted by Crippen LogP contribution is -2.42. The van der Waals surface area contributed by atoms with Crippen molar-refractivity contribution in [3.05, 3.63) is 0 Å². The number of nitrogens with one attached hydrogen (secondary N) is 2. The predicted octanol–water partition coefficient (Wildman–Crippen LogP) is 0.724. The van der Waals surface area contributed by atoms with Crippen molar-refractivity contribution in [2.75, 3.05) is 26.8 Å². The molecule has 0 fully saturated rings. The number of ether oxygens (including phenoxy) is 1. The van der Waals surface area contributed by atoms with Gasteiger partial charge in [0.15, 0.2) is 0 Å². The van der Waals surface area contributed by atoms with Crippen LogP contribution in [0.15, 0.2) is 4.99 Å². The largest absolute Gasteiger partial charge is 0.385 e. The van der Waals surface area contributed by atoms with Crippen LogP contribution in [0.1, 0.15) is 27.2 Å². The summed E-state index contributed by atoms with van der Waals surface area (Å²) in [5, 5.41) is 3.13. The topological polar surface area (TPSA) is 71.7 Å². The van der Waals surface area contributed by atoms with Gasteiger partial charge in [0.05, 0.1) is 0 Å². The van der Waals surface area contributed by atoms with Gasteiger partial charge < -0.3 is 10.1 Å². The summed E-state index contributed by atoms with van der Waals surface area (Å²) in [4.78, 5) is 4.39. The van der Waals surface area contributed by atoms with Crippen LogP contribution in [0.5, 0.6) is 0 Å². The molecular weight excluding hydrogens is 204 g/mol. The van der Waals surface area contributed by atoms with Gasteiger partial charge in [-0.1, -0.05) is 20.8 Å². The molecule has 5 heteroatoms. The van der Waals surface area contributed by atoms with Crippen LogP contribution in [-0.4, -0.2) is 32.8 Å². The normalized spacial score (nSPS) is 14.0. The van der Waals surface area contributed by atoms with E-state index in [1.807, 2.05) is 0 Å². The highest BCUT2D eigenvalue weighted by Crippen LogP contribution is 2.08. The van der Waals surface area contributed by atoms with Crippen LogP contribution in [-0.2, 0) is 4.74 Å². The first-order chi connectivity index (χ1) is 7.61. The van der Waals surface area contributed by atoms with E-state index in [0.29, 0.717) is 17.8 Å². The summed E-state index contributed by atoms with van der Waals surface area (Å²) in [6.07, 6.45) is 0.941. The van der Waals surface area contributed by atoms with E-state index in [4.69, 9.17) is 10.6 Å². The number of hydrogen-bond donors (Lipinski definition) is 3. The Kier molecular flexibility index (Phi) is 8.94. The van der Waals surface area contributed by atoms with E-state index in [-0.39, 0.29) is 0 Å². The standard InChI is InChI=1S/C11H26N4O/c1-9(2)10(3)8-14-11(15-12)13-6-5-7-16-4/h9-10H,5-8,12H2,1-4H3,(H2,13,14,15). The second-order valence-corrected chi connectivity index (χ2v) is 4.33. The number of hydrogen-bond acceptors (Lipinski definition) is 3. The van der Waals surface area contributed by atoms with Gasteiger partial charge in [-0.25, -0.2) is 5.84 Å². The third-order valence-electron chi connectivity index (χ3n) is 2.63. The van der Waals surface area contributed by atoms with Crippen molar-refractivity contribution in [1.29, 1.82) is 0 Å². The van der Waals surface area contributed by atoms with Crippen LogP contribution in [0, 0.1) is 11.8 Å². The summed E-state index contributed by atoms with van der Waals surface area (Å²) in [6, 6.07) is 0. The molecular formula is C11H26N4O. The first-order valence-electron chi connectivity index (χ1n) is 5.85. The molecule has 4 N–H and O–H groups in total. The van der Waals surface area contributed by atoms with Gasteiger partial charge in [0.25, 0.3) is 0 Å². The van der Waals surface area contributed by atoms with Crippen LogP contribution in [0.2, 0.25) is 0 Å². The van der Waals surface area contributed by atoms with Crippen LogP contribution >= 0.6 is 0 Å². The summed E-state index contributed by atoms with van der Waals surface area (Å²) < 4.78 is 4.96. The van der Waals surface area contributed by atoms with Gasteiger partial charge in [-0.05, 0) is 18.3 Å². The summed E-state index contributed by atoms with van der Waals surface area (Å²) in [5.41, 5.74) is 2.57. The Bertz CT molecular complexity index is 194. The minimum atomic E-state index is 0.559. The molecule has 0 spiro atoms. The Hall–Kier alpha value is -0.810. The second kappa shape index (κ2) is 9.42. The number of nitrogens with zero attached hydrogens (tertiary/aromatic N) is 1.